The SMILES string of the molecule is O=C1c2cccc3cccc(c23)N1Cc1ccc(Br)cn1. The van der Waals surface area contributed by atoms with Gasteiger partial charge in [-0.3, -0.25) is 9.78 Å². The summed E-state index contributed by atoms with van der Waals surface area (Å²) < 4.78 is 0.935. The standard InChI is InChI=1S/C17H11BrN2O/c18-12-7-8-13(19-9-12)10-20-15-6-2-4-11-3-1-5-14(16(11)15)17(20)21/h1-9H,10H2. The van der Waals surface area contributed by atoms with Crippen molar-refractivity contribution in [2.24, 2.45) is 0 Å². The first-order valence-corrected chi connectivity index (χ1v) is 7.47. The van der Waals surface area contributed by atoms with Gasteiger partial charge in [-0.15, -0.1) is 0 Å². The Bertz CT molecular complexity index is 853. The van der Waals surface area contributed by atoms with Gasteiger partial charge in [0.15, 0.2) is 0 Å². The van der Waals surface area contributed by atoms with Crippen molar-refractivity contribution in [3.8, 4) is 0 Å². The molecule has 3 nitrogen and oxygen atoms in total. The van der Waals surface area contributed by atoms with Crippen molar-refractivity contribution in [3.63, 3.8) is 0 Å². The van der Waals surface area contributed by atoms with Crippen molar-refractivity contribution in [1.29, 1.82) is 0 Å². The summed E-state index contributed by atoms with van der Waals surface area (Å²) in [6, 6.07) is 15.8. The molecule has 0 fully saturated rings. The van der Waals surface area contributed by atoms with Crippen LogP contribution in [-0.4, -0.2) is 10.9 Å². The summed E-state index contributed by atoms with van der Waals surface area (Å²) >= 11 is 3.37. The van der Waals surface area contributed by atoms with Gasteiger partial charge in [-0.25, -0.2) is 0 Å². The molecule has 0 aliphatic carbocycles. The Kier molecular flexibility index (Phi) is 2.79. The second-order valence-corrected chi connectivity index (χ2v) is 5.96. The predicted molar refractivity (Wildman–Crippen MR) is 86.4 cm³/mol. The maximum atomic E-state index is 12.6. The molecular formula is C17H11BrN2O. The van der Waals surface area contributed by atoms with Crippen molar-refractivity contribution in [3.05, 3.63) is 70.5 Å². The molecule has 0 bridgehead atoms. The number of carbonyl (C=O) groups is 1. The van der Waals surface area contributed by atoms with Gasteiger partial charge >= 0.3 is 0 Å². The molecule has 1 aliphatic rings. The predicted octanol–water partition coefficient (Wildman–Crippen LogP) is 4.16. The number of amides is 1. The second kappa shape index (κ2) is 4.67. The minimum Gasteiger partial charge on any atom is -0.302 e. The van der Waals surface area contributed by atoms with E-state index < -0.39 is 0 Å². The van der Waals surface area contributed by atoms with Crippen molar-refractivity contribution in [2.45, 2.75) is 6.54 Å². The lowest BCUT2D eigenvalue weighted by atomic mass is 10.1. The van der Waals surface area contributed by atoms with Gasteiger partial charge in [-0.2, -0.15) is 0 Å². The first-order chi connectivity index (χ1) is 10.2. The number of nitrogens with zero attached hydrogens (tertiary/aromatic N) is 2. The summed E-state index contributed by atoms with van der Waals surface area (Å²) in [6.07, 6.45) is 1.75. The van der Waals surface area contributed by atoms with Crippen LogP contribution in [0.5, 0.6) is 0 Å². The number of benzene rings is 2. The molecule has 4 rings (SSSR count). The molecule has 4 heteroatoms. The van der Waals surface area contributed by atoms with Crippen LogP contribution in [0.25, 0.3) is 10.8 Å². The second-order valence-electron chi connectivity index (χ2n) is 5.04. The lowest BCUT2D eigenvalue weighted by Gasteiger charge is -2.17. The van der Waals surface area contributed by atoms with Gasteiger partial charge < -0.3 is 4.90 Å². The Morgan fingerprint density at radius 2 is 1.86 bits per heavy atom. The van der Waals surface area contributed by atoms with E-state index in [0.717, 1.165) is 32.2 Å². The molecule has 21 heavy (non-hydrogen) atoms. The highest BCUT2D eigenvalue weighted by Crippen LogP contribution is 2.37. The van der Waals surface area contributed by atoms with Crippen LogP contribution in [0, 0.1) is 0 Å². The zero-order valence-electron chi connectivity index (χ0n) is 11.1. The molecule has 0 radical (unpaired) electrons. The quantitative estimate of drug-likeness (QED) is 0.702. The van der Waals surface area contributed by atoms with Gasteiger partial charge in [0.1, 0.15) is 0 Å². The largest absolute Gasteiger partial charge is 0.302 e. The van der Waals surface area contributed by atoms with E-state index in [1.165, 1.54) is 0 Å². The first kappa shape index (κ1) is 12.5. The average molecular weight is 339 g/mol. The van der Waals surface area contributed by atoms with Crippen LogP contribution in [0.15, 0.2) is 59.2 Å². The van der Waals surface area contributed by atoms with E-state index in [-0.39, 0.29) is 5.91 Å². The number of hydrogen-bond acceptors (Lipinski definition) is 2. The fraction of sp³-hybridized carbons (Fsp3) is 0.0588. The highest BCUT2D eigenvalue weighted by Gasteiger charge is 2.29. The molecular weight excluding hydrogens is 328 g/mol. The first-order valence-electron chi connectivity index (χ1n) is 6.68. The maximum absolute atomic E-state index is 12.6. The van der Waals surface area contributed by atoms with E-state index in [1.807, 2.05) is 48.5 Å². The summed E-state index contributed by atoms with van der Waals surface area (Å²) in [7, 11) is 0. The van der Waals surface area contributed by atoms with Crippen LogP contribution in [0.1, 0.15) is 16.1 Å². The smallest absolute Gasteiger partial charge is 0.259 e. The summed E-state index contributed by atoms with van der Waals surface area (Å²) in [5, 5.41) is 2.15. The zero-order chi connectivity index (χ0) is 14.4. The lowest BCUT2D eigenvalue weighted by Crippen LogP contribution is -2.26. The molecule has 1 amide bonds. The van der Waals surface area contributed by atoms with Gasteiger partial charge in [-0.05, 0) is 45.6 Å². The van der Waals surface area contributed by atoms with E-state index in [9.17, 15) is 4.79 Å². The van der Waals surface area contributed by atoms with Crippen molar-refractivity contribution in [2.75, 3.05) is 4.90 Å². The van der Waals surface area contributed by atoms with Gasteiger partial charge in [0.2, 0.25) is 0 Å². The van der Waals surface area contributed by atoms with Crippen molar-refractivity contribution >= 4 is 38.3 Å². The molecule has 0 unspecified atom stereocenters. The molecule has 0 N–H and O–H groups in total. The monoisotopic (exact) mass is 338 g/mol. The van der Waals surface area contributed by atoms with Gasteiger partial charge in [-0.1, -0.05) is 24.3 Å². The third-order valence-electron chi connectivity index (χ3n) is 3.76. The lowest BCUT2D eigenvalue weighted by molar-refractivity contribution is 0.0991. The van der Waals surface area contributed by atoms with E-state index in [1.54, 1.807) is 11.1 Å². The molecule has 0 saturated heterocycles. The van der Waals surface area contributed by atoms with Crippen LogP contribution in [0.2, 0.25) is 0 Å². The van der Waals surface area contributed by atoms with E-state index in [0.29, 0.717) is 6.54 Å². The highest BCUT2D eigenvalue weighted by atomic mass is 79.9. The molecule has 0 saturated carbocycles. The van der Waals surface area contributed by atoms with Crippen LogP contribution >= 0.6 is 15.9 Å². The van der Waals surface area contributed by atoms with Crippen LogP contribution in [-0.2, 0) is 6.54 Å². The number of halogens is 1. The Balaban J connectivity index is 1.80. The zero-order valence-corrected chi connectivity index (χ0v) is 12.7. The van der Waals surface area contributed by atoms with E-state index in [2.05, 4.69) is 20.9 Å². The minimum atomic E-state index is 0.0477. The van der Waals surface area contributed by atoms with Crippen molar-refractivity contribution < 1.29 is 4.79 Å². The van der Waals surface area contributed by atoms with E-state index in [4.69, 9.17) is 0 Å². The summed E-state index contributed by atoms with van der Waals surface area (Å²) in [6.45, 7) is 0.486. The highest BCUT2D eigenvalue weighted by molar-refractivity contribution is 9.10. The molecule has 0 spiro atoms. The van der Waals surface area contributed by atoms with Crippen molar-refractivity contribution in [1.82, 2.24) is 4.98 Å². The number of anilines is 1. The Labute approximate surface area is 130 Å². The maximum Gasteiger partial charge on any atom is 0.259 e. The topological polar surface area (TPSA) is 33.2 Å². The molecule has 3 aromatic rings. The molecule has 0 atom stereocenters. The molecule has 102 valence electrons. The Morgan fingerprint density at radius 3 is 2.62 bits per heavy atom. The third-order valence-corrected chi connectivity index (χ3v) is 4.23. The fourth-order valence-electron chi connectivity index (χ4n) is 2.80. The van der Waals surface area contributed by atoms with Gasteiger partial charge in [0, 0.05) is 21.6 Å². The molecule has 2 aromatic carbocycles. The third kappa shape index (κ3) is 1.94. The number of rotatable bonds is 2. The minimum absolute atomic E-state index is 0.0477. The Morgan fingerprint density at radius 1 is 1.05 bits per heavy atom. The van der Waals surface area contributed by atoms with Gasteiger partial charge in [0.05, 0.1) is 17.9 Å². The Hall–Kier alpha value is -2.20. The summed E-state index contributed by atoms with van der Waals surface area (Å²) in [5.41, 5.74) is 2.62. The number of hydrogen-bond donors (Lipinski definition) is 0. The summed E-state index contributed by atoms with van der Waals surface area (Å²) in [5.74, 6) is 0.0477. The molecule has 1 aromatic heterocycles. The van der Waals surface area contributed by atoms with E-state index >= 15 is 0 Å². The fourth-order valence-corrected chi connectivity index (χ4v) is 3.03. The normalized spacial score (nSPS) is 13.2. The number of pyridine rings is 1. The van der Waals surface area contributed by atoms with Crippen LogP contribution < -0.4 is 4.90 Å². The molecule has 1 aliphatic heterocycles. The van der Waals surface area contributed by atoms with Gasteiger partial charge in [0.25, 0.3) is 5.91 Å². The molecule has 2 heterocycles. The van der Waals surface area contributed by atoms with Crippen LogP contribution in [0.3, 0.4) is 0 Å². The summed E-state index contributed by atoms with van der Waals surface area (Å²) in [4.78, 5) is 18.8. The van der Waals surface area contributed by atoms with Crippen LogP contribution in [0.4, 0.5) is 5.69 Å². The average Bonchev–Trinajstić information content (AvgIpc) is 2.78. The number of carbonyl (C=O) groups excluding carboxylic acids is 1. The number of aromatic nitrogens is 1.